The van der Waals surface area contributed by atoms with Crippen LogP contribution in [-0.2, 0) is 11.2 Å². The molecule has 2 unspecified atom stereocenters. The molecule has 0 radical (unpaired) electrons. The molecule has 1 aliphatic rings. The number of hydrogen-bond acceptors (Lipinski definition) is 3. The van der Waals surface area contributed by atoms with Crippen LogP contribution in [0.1, 0.15) is 12.5 Å². The molecule has 0 aliphatic carbocycles. The Morgan fingerprint density at radius 2 is 2.17 bits per heavy atom. The van der Waals surface area contributed by atoms with E-state index in [1.807, 2.05) is 29.3 Å². The van der Waals surface area contributed by atoms with E-state index in [0.717, 1.165) is 35.3 Å². The smallest absolute Gasteiger partial charge is 0.227 e. The largest absolute Gasteiger partial charge is 0.497 e. The number of aromatic nitrogens is 1. The first-order chi connectivity index (χ1) is 11.0. The number of fused-ring (bicyclic) bond motifs is 1. The van der Waals surface area contributed by atoms with Gasteiger partial charge in [-0.15, -0.1) is 0 Å². The summed E-state index contributed by atoms with van der Waals surface area (Å²) in [7, 11) is 5.83. The molecule has 3 rings (SSSR count). The van der Waals surface area contributed by atoms with Gasteiger partial charge in [-0.1, -0.05) is 6.92 Å². The second-order valence-corrected chi connectivity index (χ2v) is 6.71. The first-order valence-electron chi connectivity index (χ1n) is 8.07. The zero-order chi connectivity index (χ0) is 16.6. The molecule has 0 spiro atoms. The summed E-state index contributed by atoms with van der Waals surface area (Å²) in [5.41, 5.74) is 2.07. The van der Waals surface area contributed by atoms with Crippen LogP contribution in [0.5, 0.6) is 5.75 Å². The van der Waals surface area contributed by atoms with E-state index in [4.69, 9.17) is 4.74 Å². The monoisotopic (exact) mass is 315 g/mol. The lowest BCUT2D eigenvalue weighted by atomic mass is 10.1. The van der Waals surface area contributed by atoms with Crippen LogP contribution in [0, 0.1) is 5.92 Å². The third kappa shape index (κ3) is 3.06. The standard InChI is InChI=1S/C18H25N3O2/c1-12-10-21(11-17(12)20(2)3)18(22)7-13-9-19-16-6-5-14(23-4)8-15(13)16/h5-6,8-9,12,17,19H,7,10-11H2,1-4H3. The van der Waals surface area contributed by atoms with Crippen LogP contribution >= 0.6 is 0 Å². The van der Waals surface area contributed by atoms with Crippen molar-refractivity contribution in [2.24, 2.45) is 5.92 Å². The molecule has 1 fully saturated rings. The minimum absolute atomic E-state index is 0.199. The summed E-state index contributed by atoms with van der Waals surface area (Å²) in [6.07, 6.45) is 2.37. The highest BCUT2D eigenvalue weighted by molar-refractivity contribution is 5.89. The molecule has 1 aliphatic heterocycles. The maximum atomic E-state index is 12.7. The van der Waals surface area contributed by atoms with Gasteiger partial charge in [-0.2, -0.15) is 0 Å². The fourth-order valence-corrected chi connectivity index (χ4v) is 3.53. The number of nitrogens with one attached hydrogen (secondary N) is 1. The topological polar surface area (TPSA) is 48.6 Å². The number of likely N-dealkylation sites (tertiary alicyclic amines) is 1. The summed E-state index contributed by atoms with van der Waals surface area (Å²) in [6.45, 7) is 3.88. The van der Waals surface area contributed by atoms with Crippen molar-refractivity contribution in [2.45, 2.75) is 19.4 Å². The second-order valence-electron chi connectivity index (χ2n) is 6.71. The highest BCUT2D eigenvalue weighted by Crippen LogP contribution is 2.26. The summed E-state index contributed by atoms with van der Waals surface area (Å²) in [6, 6.07) is 6.35. The van der Waals surface area contributed by atoms with E-state index in [-0.39, 0.29) is 5.91 Å². The van der Waals surface area contributed by atoms with Gasteiger partial charge in [0.2, 0.25) is 5.91 Å². The predicted molar refractivity (Wildman–Crippen MR) is 91.8 cm³/mol. The van der Waals surface area contributed by atoms with Crippen LogP contribution in [0.2, 0.25) is 0 Å². The molecule has 0 bridgehead atoms. The number of likely N-dealkylation sites (N-methyl/N-ethyl adjacent to an activating group) is 1. The van der Waals surface area contributed by atoms with Gasteiger partial charge in [-0.25, -0.2) is 0 Å². The zero-order valence-corrected chi connectivity index (χ0v) is 14.3. The molecular weight excluding hydrogens is 290 g/mol. The third-order valence-electron chi connectivity index (χ3n) is 4.90. The second kappa shape index (κ2) is 6.24. The van der Waals surface area contributed by atoms with Gasteiger partial charge in [0.05, 0.1) is 13.5 Å². The number of ether oxygens (including phenoxy) is 1. The molecule has 2 heterocycles. The van der Waals surface area contributed by atoms with E-state index >= 15 is 0 Å². The van der Waals surface area contributed by atoms with Crippen molar-refractivity contribution in [3.63, 3.8) is 0 Å². The minimum Gasteiger partial charge on any atom is -0.497 e. The van der Waals surface area contributed by atoms with Crippen molar-refractivity contribution in [3.8, 4) is 5.75 Å². The number of H-pyrrole nitrogens is 1. The first kappa shape index (κ1) is 15.9. The molecule has 0 saturated carbocycles. The SMILES string of the molecule is COc1ccc2[nH]cc(CC(=O)N3CC(C)C(N(C)C)C3)c2c1. The molecule has 1 amide bonds. The Bertz CT molecular complexity index is 707. The molecule has 1 N–H and O–H groups in total. The predicted octanol–water partition coefficient (Wildman–Crippen LogP) is 2.13. The highest BCUT2D eigenvalue weighted by Gasteiger charge is 2.33. The fraction of sp³-hybridized carbons (Fsp3) is 0.500. The van der Waals surface area contributed by atoms with E-state index in [9.17, 15) is 4.79 Å². The Morgan fingerprint density at radius 3 is 2.83 bits per heavy atom. The molecule has 2 atom stereocenters. The van der Waals surface area contributed by atoms with E-state index in [2.05, 4.69) is 30.9 Å². The Balaban J connectivity index is 1.76. The number of methoxy groups -OCH3 is 1. The Kier molecular flexibility index (Phi) is 4.31. The number of rotatable bonds is 4. The summed E-state index contributed by atoms with van der Waals surface area (Å²) < 4.78 is 5.29. The van der Waals surface area contributed by atoms with Crippen LogP contribution in [-0.4, -0.2) is 61.0 Å². The van der Waals surface area contributed by atoms with E-state index in [0.29, 0.717) is 18.4 Å². The van der Waals surface area contributed by atoms with Crippen molar-refractivity contribution in [3.05, 3.63) is 30.0 Å². The van der Waals surface area contributed by atoms with Gasteiger partial charge in [-0.3, -0.25) is 4.79 Å². The molecule has 5 nitrogen and oxygen atoms in total. The average molecular weight is 315 g/mol. The number of benzene rings is 1. The van der Waals surface area contributed by atoms with Crippen LogP contribution < -0.4 is 4.74 Å². The van der Waals surface area contributed by atoms with Gasteiger partial charge in [0.15, 0.2) is 0 Å². The van der Waals surface area contributed by atoms with Gasteiger partial charge in [-0.05, 0) is 43.8 Å². The average Bonchev–Trinajstić information content (AvgIpc) is 3.11. The normalized spacial score (nSPS) is 21.3. The lowest BCUT2D eigenvalue weighted by Gasteiger charge is -2.22. The van der Waals surface area contributed by atoms with Crippen molar-refractivity contribution < 1.29 is 9.53 Å². The molecule has 23 heavy (non-hydrogen) atoms. The summed E-state index contributed by atoms with van der Waals surface area (Å²) in [4.78, 5) is 20.1. The van der Waals surface area contributed by atoms with Crippen molar-refractivity contribution in [2.75, 3.05) is 34.3 Å². The van der Waals surface area contributed by atoms with Gasteiger partial charge in [0, 0.05) is 36.2 Å². The highest BCUT2D eigenvalue weighted by atomic mass is 16.5. The van der Waals surface area contributed by atoms with Crippen LogP contribution in [0.4, 0.5) is 0 Å². The molecule has 2 aromatic rings. The number of amides is 1. The zero-order valence-electron chi connectivity index (χ0n) is 14.3. The van der Waals surface area contributed by atoms with E-state index in [1.165, 1.54) is 0 Å². The van der Waals surface area contributed by atoms with Gasteiger partial charge < -0.3 is 19.5 Å². The Morgan fingerprint density at radius 1 is 1.39 bits per heavy atom. The van der Waals surface area contributed by atoms with Crippen LogP contribution in [0.25, 0.3) is 10.9 Å². The number of hydrogen-bond donors (Lipinski definition) is 1. The van der Waals surface area contributed by atoms with Crippen molar-refractivity contribution in [1.29, 1.82) is 0 Å². The van der Waals surface area contributed by atoms with E-state index < -0.39 is 0 Å². The lowest BCUT2D eigenvalue weighted by Crippen LogP contribution is -2.36. The number of aromatic amines is 1. The Labute approximate surface area is 137 Å². The maximum Gasteiger partial charge on any atom is 0.227 e. The Hall–Kier alpha value is -2.01. The third-order valence-corrected chi connectivity index (χ3v) is 4.90. The summed E-state index contributed by atoms with van der Waals surface area (Å²) in [5, 5.41) is 1.06. The molecule has 1 aromatic carbocycles. The minimum atomic E-state index is 0.199. The quantitative estimate of drug-likeness (QED) is 0.940. The van der Waals surface area contributed by atoms with E-state index in [1.54, 1.807) is 7.11 Å². The first-order valence-corrected chi connectivity index (χ1v) is 8.07. The van der Waals surface area contributed by atoms with Gasteiger partial charge >= 0.3 is 0 Å². The number of carbonyl (C=O) groups is 1. The maximum absolute atomic E-state index is 12.7. The molecule has 1 saturated heterocycles. The summed E-state index contributed by atoms with van der Waals surface area (Å²) in [5.74, 6) is 1.52. The van der Waals surface area contributed by atoms with Crippen LogP contribution in [0.15, 0.2) is 24.4 Å². The molecule has 124 valence electrons. The molecular formula is C18H25N3O2. The molecule has 5 heteroatoms. The lowest BCUT2D eigenvalue weighted by molar-refractivity contribution is -0.129. The molecule has 1 aromatic heterocycles. The van der Waals surface area contributed by atoms with Crippen LogP contribution in [0.3, 0.4) is 0 Å². The number of nitrogens with zero attached hydrogens (tertiary/aromatic N) is 2. The van der Waals surface area contributed by atoms with Gasteiger partial charge in [0.25, 0.3) is 0 Å². The van der Waals surface area contributed by atoms with Crippen molar-refractivity contribution in [1.82, 2.24) is 14.8 Å². The van der Waals surface area contributed by atoms with Crippen molar-refractivity contribution >= 4 is 16.8 Å². The summed E-state index contributed by atoms with van der Waals surface area (Å²) >= 11 is 0. The van der Waals surface area contributed by atoms with Gasteiger partial charge in [0.1, 0.15) is 5.75 Å². The number of carbonyl (C=O) groups excluding carboxylic acids is 1. The fourth-order valence-electron chi connectivity index (χ4n) is 3.53.